The van der Waals surface area contributed by atoms with E-state index in [9.17, 15) is 10.1 Å². The fourth-order valence-corrected chi connectivity index (χ4v) is 1.11. The summed E-state index contributed by atoms with van der Waals surface area (Å²) in [6.07, 6.45) is 0. The molecule has 0 fully saturated rings. The second kappa shape index (κ2) is 4.99. The first kappa shape index (κ1) is 13.2. The maximum atomic E-state index is 10.8. The molecule has 0 unspecified atom stereocenters. The maximum Gasteiger partial charge on any atom is 0.310 e. The fraction of sp³-hybridized carbons (Fsp3) is 0.385. The monoisotopic (exact) mass is 235 g/mol. The zero-order valence-electron chi connectivity index (χ0n) is 10.4. The fourth-order valence-electron chi connectivity index (χ4n) is 1.11. The van der Waals surface area contributed by atoms with E-state index in [0.29, 0.717) is 0 Å². The number of ether oxygens (including phenoxy) is 1. The van der Waals surface area contributed by atoms with Crippen LogP contribution in [0.3, 0.4) is 0 Å². The molecular formula is C13H17NO3. The van der Waals surface area contributed by atoms with Gasteiger partial charge in [-0.2, -0.15) is 0 Å². The van der Waals surface area contributed by atoms with Crippen molar-refractivity contribution in [2.75, 3.05) is 6.61 Å². The van der Waals surface area contributed by atoms with Crippen LogP contribution in [-0.2, 0) is 0 Å². The molecule has 0 N–H and O–H groups in total. The van der Waals surface area contributed by atoms with Gasteiger partial charge in [-0.05, 0) is 17.1 Å². The molecular weight excluding hydrogens is 218 g/mol. The molecule has 0 heterocycles. The average Bonchev–Trinajstić information content (AvgIpc) is 2.24. The molecule has 0 amide bonds. The van der Waals surface area contributed by atoms with Gasteiger partial charge in [-0.3, -0.25) is 10.1 Å². The lowest BCUT2D eigenvalue weighted by atomic mass is 9.88. The molecule has 0 aliphatic heterocycles. The lowest BCUT2D eigenvalue weighted by molar-refractivity contribution is -0.385. The van der Waals surface area contributed by atoms with Crippen molar-refractivity contribution >= 4 is 5.69 Å². The van der Waals surface area contributed by atoms with Gasteiger partial charge in [0, 0.05) is 6.07 Å². The molecule has 0 spiro atoms. The lowest BCUT2D eigenvalue weighted by Gasteiger charge is -2.21. The van der Waals surface area contributed by atoms with Gasteiger partial charge in [-0.25, -0.2) is 0 Å². The Hall–Kier alpha value is -1.84. The minimum absolute atomic E-state index is 0.0193. The molecule has 4 heteroatoms. The minimum Gasteiger partial charge on any atom is -0.482 e. The Morgan fingerprint density at radius 3 is 2.53 bits per heavy atom. The molecule has 1 rings (SSSR count). The van der Waals surface area contributed by atoms with Gasteiger partial charge in [0.1, 0.15) is 6.61 Å². The number of hydrogen-bond donors (Lipinski definition) is 0. The summed E-state index contributed by atoms with van der Waals surface area (Å²) >= 11 is 0. The van der Waals surface area contributed by atoms with E-state index in [1.165, 1.54) is 6.07 Å². The number of para-hydroxylation sites is 2. The van der Waals surface area contributed by atoms with Crippen LogP contribution < -0.4 is 4.74 Å². The van der Waals surface area contributed by atoms with E-state index in [-0.39, 0.29) is 23.5 Å². The summed E-state index contributed by atoms with van der Waals surface area (Å²) in [7, 11) is 0. The number of nitrogens with zero attached hydrogens (tertiary/aromatic N) is 1. The van der Waals surface area contributed by atoms with E-state index in [1.54, 1.807) is 18.2 Å². The van der Waals surface area contributed by atoms with Gasteiger partial charge in [0.25, 0.3) is 0 Å². The summed E-state index contributed by atoms with van der Waals surface area (Å²) in [4.78, 5) is 10.3. The Balaban J connectivity index is 2.77. The van der Waals surface area contributed by atoms with Crippen molar-refractivity contribution in [3.8, 4) is 5.75 Å². The van der Waals surface area contributed by atoms with Crippen molar-refractivity contribution in [1.29, 1.82) is 0 Å². The maximum absolute atomic E-state index is 10.8. The molecule has 0 aliphatic rings. The number of rotatable bonds is 4. The van der Waals surface area contributed by atoms with Gasteiger partial charge in [-0.15, -0.1) is 0 Å². The van der Waals surface area contributed by atoms with Crippen molar-refractivity contribution in [2.45, 2.75) is 20.8 Å². The first-order valence-electron chi connectivity index (χ1n) is 5.37. The SMILES string of the molecule is C=C(COc1ccccc1[N+](=O)[O-])C(C)(C)C. The molecule has 17 heavy (non-hydrogen) atoms. The smallest absolute Gasteiger partial charge is 0.310 e. The Kier molecular flexibility index (Phi) is 3.89. The Morgan fingerprint density at radius 2 is 2.00 bits per heavy atom. The molecule has 0 aromatic heterocycles. The highest BCUT2D eigenvalue weighted by Gasteiger charge is 2.18. The highest BCUT2D eigenvalue weighted by atomic mass is 16.6. The Morgan fingerprint density at radius 1 is 1.41 bits per heavy atom. The van der Waals surface area contributed by atoms with Gasteiger partial charge < -0.3 is 4.74 Å². The van der Waals surface area contributed by atoms with Crippen LogP contribution in [0.1, 0.15) is 20.8 Å². The number of nitro benzene ring substituents is 1. The van der Waals surface area contributed by atoms with Gasteiger partial charge >= 0.3 is 5.69 Å². The summed E-state index contributed by atoms with van der Waals surface area (Å²) in [5, 5.41) is 10.8. The second-order valence-electron chi connectivity index (χ2n) is 4.87. The van der Waals surface area contributed by atoms with Crippen LogP contribution in [0.25, 0.3) is 0 Å². The summed E-state index contributed by atoms with van der Waals surface area (Å²) in [6.45, 7) is 10.3. The topological polar surface area (TPSA) is 52.4 Å². The van der Waals surface area contributed by atoms with Crippen LogP contribution in [-0.4, -0.2) is 11.5 Å². The predicted octanol–water partition coefficient (Wildman–Crippen LogP) is 3.58. The van der Waals surface area contributed by atoms with Crippen LogP contribution in [0.5, 0.6) is 5.75 Å². The summed E-state index contributed by atoms with van der Waals surface area (Å²) in [5.41, 5.74) is 0.814. The van der Waals surface area contributed by atoms with Crippen LogP contribution >= 0.6 is 0 Å². The molecule has 1 aromatic carbocycles. The van der Waals surface area contributed by atoms with Crippen molar-refractivity contribution in [2.24, 2.45) is 5.41 Å². The summed E-state index contributed by atoms with van der Waals surface area (Å²) in [5.74, 6) is 0.280. The van der Waals surface area contributed by atoms with Crippen LogP contribution in [0.15, 0.2) is 36.4 Å². The van der Waals surface area contributed by atoms with E-state index in [1.807, 2.05) is 20.8 Å². The molecule has 92 valence electrons. The van der Waals surface area contributed by atoms with Crippen LogP contribution in [0.2, 0.25) is 0 Å². The molecule has 0 saturated heterocycles. The largest absolute Gasteiger partial charge is 0.482 e. The summed E-state index contributed by atoms with van der Waals surface area (Å²) < 4.78 is 5.45. The van der Waals surface area contributed by atoms with E-state index < -0.39 is 4.92 Å². The van der Waals surface area contributed by atoms with Gasteiger partial charge in [0.2, 0.25) is 0 Å². The standard InChI is InChI=1S/C13H17NO3/c1-10(13(2,3)4)9-17-12-8-6-5-7-11(12)14(15)16/h5-8H,1,9H2,2-4H3. The Bertz CT molecular complexity index is 433. The lowest BCUT2D eigenvalue weighted by Crippen LogP contribution is -2.15. The quantitative estimate of drug-likeness (QED) is 0.455. The zero-order chi connectivity index (χ0) is 13.1. The van der Waals surface area contributed by atoms with Crippen LogP contribution in [0.4, 0.5) is 5.69 Å². The summed E-state index contributed by atoms with van der Waals surface area (Å²) in [6, 6.07) is 6.34. The van der Waals surface area contributed by atoms with Crippen LogP contribution in [0, 0.1) is 15.5 Å². The second-order valence-corrected chi connectivity index (χ2v) is 4.87. The average molecular weight is 235 g/mol. The molecule has 4 nitrogen and oxygen atoms in total. The van der Waals surface area contributed by atoms with Crippen molar-refractivity contribution in [3.63, 3.8) is 0 Å². The van der Waals surface area contributed by atoms with E-state index >= 15 is 0 Å². The molecule has 0 saturated carbocycles. The molecule has 0 atom stereocenters. The number of benzene rings is 1. The number of nitro groups is 1. The first-order chi connectivity index (χ1) is 7.82. The van der Waals surface area contributed by atoms with Gasteiger partial charge in [0.05, 0.1) is 4.92 Å². The normalized spacial score (nSPS) is 11.0. The molecule has 0 aliphatic carbocycles. The van der Waals surface area contributed by atoms with E-state index in [4.69, 9.17) is 4.74 Å². The van der Waals surface area contributed by atoms with Gasteiger partial charge in [-0.1, -0.05) is 39.5 Å². The molecule has 1 aromatic rings. The highest BCUT2D eigenvalue weighted by Crippen LogP contribution is 2.28. The van der Waals surface area contributed by atoms with E-state index in [2.05, 4.69) is 6.58 Å². The van der Waals surface area contributed by atoms with Crippen molar-refractivity contribution in [1.82, 2.24) is 0 Å². The number of hydrogen-bond acceptors (Lipinski definition) is 3. The zero-order valence-corrected chi connectivity index (χ0v) is 10.4. The molecule has 0 bridgehead atoms. The Labute approximate surface area is 101 Å². The third-order valence-electron chi connectivity index (χ3n) is 2.52. The first-order valence-corrected chi connectivity index (χ1v) is 5.37. The van der Waals surface area contributed by atoms with Crippen molar-refractivity contribution < 1.29 is 9.66 Å². The van der Waals surface area contributed by atoms with E-state index in [0.717, 1.165) is 5.57 Å². The predicted molar refractivity (Wildman–Crippen MR) is 67.2 cm³/mol. The van der Waals surface area contributed by atoms with Gasteiger partial charge in [0.15, 0.2) is 5.75 Å². The third-order valence-corrected chi connectivity index (χ3v) is 2.52. The highest BCUT2D eigenvalue weighted by molar-refractivity contribution is 5.45. The molecule has 0 radical (unpaired) electrons. The minimum atomic E-state index is -0.449. The van der Waals surface area contributed by atoms with Crippen molar-refractivity contribution in [3.05, 3.63) is 46.5 Å². The third kappa shape index (κ3) is 3.59.